The van der Waals surface area contributed by atoms with Gasteiger partial charge >= 0.3 is 0 Å². The molecule has 0 saturated carbocycles. The van der Waals surface area contributed by atoms with Crippen LogP contribution in [0, 0.1) is 5.82 Å². The molecule has 10 heteroatoms. The summed E-state index contributed by atoms with van der Waals surface area (Å²) in [6, 6.07) is 13.9. The molecule has 1 aromatic heterocycles. The molecule has 4 rings (SSSR count). The van der Waals surface area contributed by atoms with Crippen molar-refractivity contribution >= 4 is 43.8 Å². The van der Waals surface area contributed by atoms with Crippen LogP contribution in [0.3, 0.4) is 0 Å². The summed E-state index contributed by atoms with van der Waals surface area (Å²) >= 11 is 7.35. The molecule has 0 spiro atoms. The van der Waals surface area contributed by atoms with Gasteiger partial charge in [0.2, 0.25) is 0 Å². The lowest BCUT2D eigenvalue weighted by atomic mass is 10.0. The third kappa shape index (κ3) is 7.16. The Hall–Kier alpha value is -2.20. The van der Waals surface area contributed by atoms with E-state index in [1.807, 2.05) is 0 Å². The van der Waals surface area contributed by atoms with Gasteiger partial charge in [0, 0.05) is 30.2 Å². The van der Waals surface area contributed by atoms with E-state index in [2.05, 4.69) is 50.7 Å². The normalized spacial score (nSPS) is 18.0. The Bertz CT molecular complexity index is 1190. The van der Waals surface area contributed by atoms with Crippen molar-refractivity contribution in [3.8, 4) is 0 Å². The van der Waals surface area contributed by atoms with Gasteiger partial charge < -0.3 is 10.6 Å². The molecule has 2 heterocycles. The fraction of sp³-hybridized carbons (Fsp3) is 0.400. The minimum atomic E-state index is -4.11. The number of halogens is 2. The molecule has 1 aliphatic rings. The van der Waals surface area contributed by atoms with E-state index in [1.165, 1.54) is 37.4 Å². The third-order valence-electron chi connectivity index (χ3n) is 6.20. The Morgan fingerprint density at radius 2 is 1.91 bits per heavy atom. The maximum absolute atomic E-state index is 14.6. The van der Waals surface area contributed by atoms with Crippen molar-refractivity contribution in [1.82, 2.24) is 10.3 Å². The number of nitrogens with zero attached hydrogens (tertiary/aromatic N) is 1. The molecule has 3 N–H and O–H groups in total. The molecule has 1 fully saturated rings. The zero-order valence-electron chi connectivity index (χ0n) is 19.3. The molecule has 1 saturated heterocycles. The van der Waals surface area contributed by atoms with Crippen LogP contribution in [-0.4, -0.2) is 26.0 Å². The summed E-state index contributed by atoms with van der Waals surface area (Å²) in [7, 11) is -4.11. The molecule has 6 nitrogen and oxygen atoms in total. The van der Waals surface area contributed by atoms with Crippen molar-refractivity contribution in [3.05, 3.63) is 70.4 Å². The molecule has 188 valence electrons. The van der Waals surface area contributed by atoms with Crippen LogP contribution in [0.5, 0.6) is 0 Å². The molecule has 2 atom stereocenters. The number of nitrogens with one attached hydrogen (secondary N) is 3. The van der Waals surface area contributed by atoms with Crippen molar-refractivity contribution in [2.75, 3.05) is 16.6 Å². The Labute approximate surface area is 215 Å². The summed E-state index contributed by atoms with van der Waals surface area (Å²) in [5.74, 6) is -0.862. The average Bonchev–Trinajstić information content (AvgIpc) is 3.53. The largest absolute Gasteiger partial charge is 0.384 e. The third-order valence-corrected chi connectivity index (χ3v) is 8.69. The van der Waals surface area contributed by atoms with E-state index in [0.717, 1.165) is 42.7 Å². The second-order valence-corrected chi connectivity index (χ2v) is 11.7. The van der Waals surface area contributed by atoms with Gasteiger partial charge in [0.1, 0.15) is 10.7 Å². The summed E-state index contributed by atoms with van der Waals surface area (Å²) < 4.78 is 41.8. The first-order chi connectivity index (χ1) is 16.9. The average molecular weight is 537 g/mol. The second-order valence-electron chi connectivity index (χ2n) is 8.74. The van der Waals surface area contributed by atoms with Crippen LogP contribution in [0.1, 0.15) is 56.6 Å². The Balaban J connectivity index is 1.16. The van der Waals surface area contributed by atoms with Gasteiger partial charge in [0.25, 0.3) is 10.0 Å². The highest BCUT2D eigenvalue weighted by molar-refractivity contribution is 7.93. The smallest absolute Gasteiger partial charge is 0.266 e. The summed E-state index contributed by atoms with van der Waals surface area (Å²) in [6.45, 7) is 0.639. The molecule has 3 aromatic rings. The van der Waals surface area contributed by atoms with Crippen LogP contribution < -0.4 is 15.4 Å². The number of unbranched alkanes of at least 4 members (excludes halogenated alkanes) is 3. The predicted molar refractivity (Wildman–Crippen MR) is 141 cm³/mol. The van der Waals surface area contributed by atoms with Crippen molar-refractivity contribution in [2.45, 2.75) is 61.9 Å². The Morgan fingerprint density at radius 1 is 1.11 bits per heavy atom. The van der Waals surface area contributed by atoms with Gasteiger partial charge in [-0.2, -0.15) is 0 Å². The van der Waals surface area contributed by atoms with Crippen LogP contribution in [0.4, 0.5) is 15.2 Å². The number of aromatic nitrogens is 1. The van der Waals surface area contributed by atoms with Crippen molar-refractivity contribution < 1.29 is 12.8 Å². The molecular weight excluding hydrogens is 507 g/mol. The van der Waals surface area contributed by atoms with Crippen molar-refractivity contribution in [2.24, 2.45) is 0 Å². The lowest BCUT2D eigenvalue weighted by molar-refractivity contribution is 0.488. The van der Waals surface area contributed by atoms with E-state index in [4.69, 9.17) is 11.6 Å². The number of sulfonamides is 1. The van der Waals surface area contributed by atoms with Gasteiger partial charge in [0.05, 0.1) is 10.7 Å². The Kier molecular flexibility index (Phi) is 8.99. The number of rotatable bonds is 12. The SMILES string of the molecule is O=S(=O)(Nc1nccs1)c1cc(Cl)c(NCCCCCC[C@@H]2CC[C@H](c3ccccc3)N2)cc1F. The minimum absolute atomic E-state index is 0.159. The fourth-order valence-electron chi connectivity index (χ4n) is 4.40. The summed E-state index contributed by atoms with van der Waals surface area (Å²) in [4.78, 5) is 3.36. The maximum atomic E-state index is 14.6. The van der Waals surface area contributed by atoms with E-state index < -0.39 is 20.7 Å². The van der Waals surface area contributed by atoms with Gasteiger partial charge in [-0.1, -0.05) is 61.2 Å². The van der Waals surface area contributed by atoms with Gasteiger partial charge in [-0.3, -0.25) is 4.72 Å². The van der Waals surface area contributed by atoms with Gasteiger partial charge in [0.15, 0.2) is 5.13 Å². The van der Waals surface area contributed by atoms with E-state index in [1.54, 1.807) is 5.38 Å². The Morgan fingerprint density at radius 3 is 2.69 bits per heavy atom. The van der Waals surface area contributed by atoms with Crippen LogP contribution in [-0.2, 0) is 10.0 Å². The van der Waals surface area contributed by atoms with E-state index in [0.29, 0.717) is 24.3 Å². The lowest BCUT2D eigenvalue weighted by Crippen LogP contribution is -2.24. The summed E-state index contributed by atoms with van der Waals surface area (Å²) in [5.41, 5.74) is 1.76. The standard InChI is InChI=1S/C25H30ClFN4O2S2/c26-20-16-24(35(32,33)31-25-29-14-15-34-25)21(27)17-23(20)28-13-7-2-1-6-10-19-11-12-22(30-19)18-8-4-3-5-9-18/h3-5,8-9,14-17,19,22,28,30H,1-2,6-7,10-13H2,(H,29,31)/t19-,22-/m1/s1. The first-order valence-corrected chi connectivity index (χ1v) is 14.6. The highest BCUT2D eigenvalue weighted by Crippen LogP contribution is 2.30. The zero-order valence-corrected chi connectivity index (χ0v) is 21.7. The van der Waals surface area contributed by atoms with Gasteiger partial charge in [-0.15, -0.1) is 11.3 Å². The number of thiazole rings is 1. The molecule has 0 unspecified atom stereocenters. The van der Waals surface area contributed by atoms with Crippen LogP contribution in [0.15, 0.2) is 58.9 Å². The number of hydrogen-bond acceptors (Lipinski definition) is 6. The molecule has 0 radical (unpaired) electrons. The second kappa shape index (κ2) is 12.2. The monoisotopic (exact) mass is 536 g/mol. The number of benzene rings is 2. The molecule has 0 aliphatic carbocycles. The predicted octanol–water partition coefficient (Wildman–Crippen LogP) is 6.59. The minimum Gasteiger partial charge on any atom is -0.384 e. The molecule has 35 heavy (non-hydrogen) atoms. The van der Waals surface area contributed by atoms with Crippen molar-refractivity contribution in [1.29, 1.82) is 0 Å². The molecule has 0 bridgehead atoms. The fourth-order valence-corrected chi connectivity index (χ4v) is 6.57. The summed E-state index contributed by atoms with van der Waals surface area (Å²) in [6.07, 6.45) is 9.35. The van der Waals surface area contributed by atoms with Crippen LogP contribution >= 0.6 is 22.9 Å². The van der Waals surface area contributed by atoms with Crippen molar-refractivity contribution in [3.63, 3.8) is 0 Å². The van der Waals surface area contributed by atoms with Gasteiger partial charge in [-0.05, 0) is 43.4 Å². The summed E-state index contributed by atoms with van der Waals surface area (Å²) in [5, 5.41) is 8.83. The highest BCUT2D eigenvalue weighted by atomic mass is 35.5. The first-order valence-electron chi connectivity index (χ1n) is 11.9. The zero-order chi connectivity index (χ0) is 24.7. The van der Waals surface area contributed by atoms with Crippen LogP contribution in [0.2, 0.25) is 5.02 Å². The molecule has 1 aliphatic heterocycles. The highest BCUT2D eigenvalue weighted by Gasteiger charge is 2.24. The van der Waals surface area contributed by atoms with E-state index >= 15 is 0 Å². The van der Waals surface area contributed by atoms with E-state index in [9.17, 15) is 12.8 Å². The van der Waals surface area contributed by atoms with Gasteiger partial charge in [-0.25, -0.2) is 17.8 Å². The first kappa shape index (κ1) is 25.9. The number of hydrogen-bond donors (Lipinski definition) is 3. The number of anilines is 2. The molecule has 0 amide bonds. The van der Waals surface area contributed by atoms with Crippen LogP contribution in [0.25, 0.3) is 0 Å². The topological polar surface area (TPSA) is 83.1 Å². The molecular formula is C25H30ClFN4O2S2. The van der Waals surface area contributed by atoms with E-state index in [-0.39, 0.29) is 10.2 Å². The molecule has 2 aromatic carbocycles. The lowest BCUT2D eigenvalue weighted by Gasteiger charge is -2.15. The maximum Gasteiger partial charge on any atom is 0.266 e. The quantitative estimate of drug-likeness (QED) is 0.227.